The van der Waals surface area contributed by atoms with Gasteiger partial charge in [0.05, 0.1) is 12.6 Å². The molecular weight excluding hydrogens is 146 g/mol. The first-order valence-electron chi connectivity index (χ1n) is 3.45. The third-order valence-corrected chi connectivity index (χ3v) is 1.64. The van der Waals surface area contributed by atoms with Gasteiger partial charge < -0.3 is 5.11 Å². The number of likely N-dealkylation sites (N-methyl/N-ethyl adjacent to an activating group) is 1. The zero-order chi connectivity index (χ0) is 8.85. The first-order valence-corrected chi connectivity index (χ1v) is 3.45. The lowest BCUT2D eigenvalue weighted by molar-refractivity contribution is -0.125. The van der Waals surface area contributed by atoms with E-state index in [9.17, 15) is 4.79 Å². The van der Waals surface area contributed by atoms with Gasteiger partial charge in [-0.15, -0.1) is 0 Å². The van der Waals surface area contributed by atoms with Gasteiger partial charge in [0.2, 0.25) is 0 Å². The van der Waals surface area contributed by atoms with E-state index in [1.54, 1.807) is 18.9 Å². The van der Waals surface area contributed by atoms with Gasteiger partial charge in [0, 0.05) is 6.54 Å². The number of amides is 1. The van der Waals surface area contributed by atoms with Crippen LogP contribution in [-0.4, -0.2) is 42.2 Å². The zero-order valence-corrected chi connectivity index (χ0v) is 6.87. The van der Waals surface area contributed by atoms with Crippen molar-refractivity contribution in [3.05, 3.63) is 0 Å². The first kappa shape index (κ1) is 10.3. The first-order chi connectivity index (χ1) is 5.13. The lowest BCUT2D eigenvalue weighted by Crippen LogP contribution is -2.46. The second-order valence-corrected chi connectivity index (χ2v) is 2.39. The number of nitrogens with one attached hydrogen (secondary N) is 1. The molecule has 0 aliphatic heterocycles. The van der Waals surface area contributed by atoms with Crippen LogP contribution in [0.5, 0.6) is 0 Å². The van der Waals surface area contributed by atoms with E-state index in [0.29, 0.717) is 6.54 Å². The topological polar surface area (TPSA) is 78.6 Å². The van der Waals surface area contributed by atoms with Crippen molar-refractivity contribution in [3.8, 4) is 0 Å². The molecule has 0 bridgehead atoms. The Morgan fingerprint density at radius 2 is 2.36 bits per heavy atom. The van der Waals surface area contributed by atoms with Crippen LogP contribution in [0, 0.1) is 0 Å². The predicted octanol–water partition coefficient (Wildman–Crippen LogP) is -1.71. The maximum absolute atomic E-state index is 10.9. The molecule has 0 heterocycles. The number of nitrogens with two attached hydrogens (primary N) is 1. The second-order valence-electron chi connectivity index (χ2n) is 2.39. The lowest BCUT2D eigenvalue weighted by atomic mass is 10.3. The summed E-state index contributed by atoms with van der Waals surface area (Å²) in [5.74, 6) is 4.67. The van der Waals surface area contributed by atoms with Gasteiger partial charge in [-0.2, -0.15) is 0 Å². The smallest absolute Gasteiger partial charge is 0.250 e. The minimum atomic E-state index is -0.299. The van der Waals surface area contributed by atoms with Crippen LogP contribution in [0.4, 0.5) is 0 Å². The van der Waals surface area contributed by atoms with Gasteiger partial charge in [-0.1, -0.05) is 0 Å². The molecule has 4 N–H and O–H groups in total. The zero-order valence-electron chi connectivity index (χ0n) is 6.87. The van der Waals surface area contributed by atoms with Crippen LogP contribution in [0.25, 0.3) is 0 Å². The summed E-state index contributed by atoms with van der Waals surface area (Å²) < 4.78 is 0. The van der Waals surface area contributed by atoms with E-state index in [0.717, 1.165) is 0 Å². The number of aliphatic hydroxyl groups excluding tert-OH is 1. The molecule has 0 radical (unpaired) electrons. The van der Waals surface area contributed by atoms with E-state index in [4.69, 9.17) is 10.9 Å². The molecule has 0 aromatic heterocycles. The van der Waals surface area contributed by atoms with Gasteiger partial charge in [0.1, 0.15) is 0 Å². The van der Waals surface area contributed by atoms with Gasteiger partial charge in [-0.3, -0.25) is 15.1 Å². The molecule has 5 nitrogen and oxygen atoms in total. The SMILES string of the molecule is CC(C(=O)NN)N(C)CCO. The number of hydrogen-bond acceptors (Lipinski definition) is 4. The van der Waals surface area contributed by atoms with Crippen molar-refractivity contribution in [2.24, 2.45) is 5.84 Å². The van der Waals surface area contributed by atoms with Crippen molar-refractivity contribution >= 4 is 5.91 Å². The number of carbonyl (C=O) groups is 1. The number of carbonyl (C=O) groups excluding carboxylic acids is 1. The highest BCUT2D eigenvalue weighted by Gasteiger charge is 2.15. The summed E-state index contributed by atoms with van der Waals surface area (Å²) in [5, 5.41) is 8.54. The Kier molecular flexibility index (Phi) is 4.76. The molecule has 66 valence electrons. The minimum absolute atomic E-state index is 0.0404. The molecule has 0 fully saturated rings. The van der Waals surface area contributed by atoms with Crippen LogP contribution in [0.1, 0.15) is 6.92 Å². The van der Waals surface area contributed by atoms with E-state index in [-0.39, 0.29) is 18.6 Å². The molecule has 0 saturated carbocycles. The van der Waals surface area contributed by atoms with E-state index in [1.165, 1.54) is 0 Å². The van der Waals surface area contributed by atoms with E-state index in [1.807, 2.05) is 5.43 Å². The van der Waals surface area contributed by atoms with Crippen LogP contribution in [-0.2, 0) is 4.79 Å². The largest absolute Gasteiger partial charge is 0.395 e. The molecule has 1 amide bonds. The third kappa shape index (κ3) is 3.31. The molecule has 0 aliphatic rings. The number of nitrogens with zero attached hydrogens (tertiary/aromatic N) is 1. The molecule has 0 spiro atoms. The third-order valence-electron chi connectivity index (χ3n) is 1.64. The summed E-state index contributed by atoms with van der Waals surface area (Å²) >= 11 is 0. The standard InChI is InChI=1S/C6H15N3O2/c1-5(6(11)8-7)9(2)3-4-10/h5,10H,3-4,7H2,1-2H3,(H,8,11). The number of rotatable bonds is 4. The summed E-state index contributed by atoms with van der Waals surface area (Å²) in [4.78, 5) is 12.6. The van der Waals surface area contributed by atoms with Crippen LogP contribution >= 0.6 is 0 Å². The monoisotopic (exact) mass is 161 g/mol. The normalized spacial score (nSPS) is 13.2. The number of hydrazine groups is 1. The Morgan fingerprint density at radius 3 is 2.73 bits per heavy atom. The van der Waals surface area contributed by atoms with Gasteiger partial charge in [0.25, 0.3) is 5.91 Å². The molecule has 0 aromatic rings. The number of hydrogen-bond donors (Lipinski definition) is 3. The molecule has 5 heteroatoms. The summed E-state index contributed by atoms with van der Waals surface area (Å²) in [7, 11) is 1.75. The Morgan fingerprint density at radius 1 is 1.82 bits per heavy atom. The van der Waals surface area contributed by atoms with Crippen LogP contribution < -0.4 is 11.3 Å². The molecule has 1 unspecified atom stereocenters. The minimum Gasteiger partial charge on any atom is -0.395 e. The van der Waals surface area contributed by atoms with Crippen molar-refractivity contribution in [3.63, 3.8) is 0 Å². The van der Waals surface area contributed by atoms with E-state index < -0.39 is 0 Å². The van der Waals surface area contributed by atoms with E-state index in [2.05, 4.69) is 0 Å². The van der Waals surface area contributed by atoms with Gasteiger partial charge in [-0.05, 0) is 14.0 Å². The Bertz CT molecular complexity index is 129. The summed E-state index contributed by atoms with van der Waals surface area (Å²) in [6.07, 6.45) is 0. The van der Waals surface area contributed by atoms with Crippen molar-refractivity contribution in [1.29, 1.82) is 0 Å². The summed E-state index contributed by atoms with van der Waals surface area (Å²) in [5.41, 5.74) is 2.04. The molecule has 11 heavy (non-hydrogen) atoms. The predicted molar refractivity (Wildman–Crippen MR) is 41.5 cm³/mol. The molecule has 1 atom stereocenters. The Hall–Kier alpha value is -0.650. The Labute approximate surface area is 66.1 Å². The second kappa shape index (κ2) is 5.06. The quantitative estimate of drug-likeness (QED) is 0.260. The van der Waals surface area contributed by atoms with Crippen molar-refractivity contribution in [2.75, 3.05) is 20.2 Å². The van der Waals surface area contributed by atoms with Crippen molar-refractivity contribution in [1.82, 2.24) is 10.3 Å². The molecule has 0 aliphatic carbocycles. The average Bonchev–Trinajstić information content (AvgIpc) is 2.02. The highest BCUT2D eigenvalue weighted by molar-refractivity contribution is 5.80. The highest BCUT2D eigenvalue weighted by atomic mass is 16.3. The molecule has 0 rings (SSSR count). The summed E-state index contributed by atoms with van der Waals surface area (Å²) in [6, 6.07) is -0.299. The van der Waals surface area contributed by atoms with Crippen LogP contribution in [0.2, 0.25) is 0 Å². The molecule has 0 aromatic carbocycles. The number of aliphatic hydroxyl groups is 1. The average molecular weight is 161 g/mol. The maximum Gasteiger partial charge on any atom is 0.250 e. The maximum atomic E-state index is 10.9. The fourth-order valence-electron chi connectivity index (χ4n) is 0.672. The van der Waals surface area contributed by atoms with Crippen molar-refractivity contribution < 1.29 is 9.90 Å². The Balaban J connectivity index is 3.80. The molecular formula is C6H15N3O2. The van der Waals surface area contributed by atoms with Crippen molar-refractivity contribution in [2.45, 2.75) is 13.0 Å². The van der Waals surface area contributed by atoms with Gasteiger partial charge >= 0.3 is 0 Å². The van der Waals surface area contributed by atoms with E-state index >= 15 is 0 Å². The van der Waals surface area contributed by atoms with Gasteiger partial charge in [0.15, 0.2) is 0 Å². The fourth-order valence-corrected chi connectivity index (χ4v) is 0.672. The highest BCUT2D eigenvalue weighted by Crippen LogP contribution is 1.92. The molecule has 0 saturated heterocycles. The van der Waals surface area contributed by atoms with Crippen LogP contribution in [0.3, 0.4) is 0 Å². The summed E-state index contributed by atoms with van der Waals surface area (Å²) in [6.45, 7) is 2.23. The fraction of sp³-hybridized carbons (Fsp3) is 0.833. The van der Waals surface area contributed by atoms with Gasteiger partial charge in [-0.25, -0.2) is 5.84 Å². The lowest BCUT2D eigenvalue weighted by Gasteiger charge is -2.21. The van der Waals surface area contributed by atoms with Crippen LogP contribution in [0.15, 0.2) is 0 Å².